The van der Waals surface area contributed by atoms with Gasteiger partial charge in [0.25, 0.3) is 0 Å². The van der Waals surface area contributed by atoms with Crippen molar-refractivity contribution in [2.45, 2.75) is 39.2 Å². The summed E-state index contributed by atoms with van der Waals surface area (Å²) >= 11 is 0. The molecular formula is C10H17N3. The van der Waals surface area contributed by atoms with E-state index in [1.807, 2.05) is 17.3 Å². The number of nitrogens with zero attached hydrogens (tertiary/aromatic N) is 3. The Morgan fingerprint density at radius 3 is 3.00 bits per heavy atom. The maximum Gasteiger partial charge on any atom is 0.0875 e. The van der Waals surface area contributed by atoms with E-state index in [0.29, 0.717) is 6.54 Å². The minimum absolute atomic E-state index is 0.0451. The number of hydrogen-bond donors (Lipinski definition) is 0. The molecule has 0 aromatic rings. The third-order valence-corrected chi connectivity index (χ3v) is 2.13. The largest absolute Gasteiger partial charge is 0.241 e. The molecule has 0 unspecified atom stereocenters. The van der Waals surface area contributed by atoms with Gasteiger partial charge in [-0.2, -0.15) is 5.11 Å². The molecule has 3 heteroatoms. The lowest BCUT2D eigenvalue weighted by Crippen LogP contribution is -2.35. The maximum atomic E-state index is 4.12. The van der Waals surface area contributed by atoms with E-state index in [1.54, 1.807) is 0 Å². The van der Waals surface area contributed by atoms with Gasteiger partial charge in [-0.3, -0.25) is 0 Å². The van der Waals surface area contributed by atoms with Gasteiger partial charge in [0.15, 0.2) is 0 Å². The predicted molar refractivity (Wildman–Crippen MR) is 53.2 cm³/mol. The van der Waals surface area contributed by atoms with Crippen molar-refractivity contribution in [1.82, 2.24) is 5.01 Å². The highest BCUT2D eigenvalue weighted by Gasteiger charge is 2.23. The average molecular weight is 179 g/mol. The van der Waals surface area contributed by atoms with Crippen LogP contribution < -0.4 is 0 Å². The van der Waals surface area contributed by atoms with Crippen LogP contribution in [0.2, 0.25) is 0 Å². The van der Waals surface area contributed by atoms with Crippen LogP contribution in [-0.4, -0.2) is 17.1 Å². The van der Waals surface area contributed by atoms with Crippen molar-refractivity contribution in [3.63, 3.8) is 0 Å². The molecule has 13 heavy (non-hydrogen) atoms. The molecular weight excluding hydrogens is 162 g/mol. The highest BCUT2D eigenvalue weighted by molar-refractivity contribution is 4.92. The first kappa shape index (κ1) is 10.0. The van der Waals surface area contributed by atoms with Crippen molar-refractivity contribution in [3.8, 4) is 0 Å². The summed E-state index contributed by atoms with van der Waals surface area (Å²) in [6, 6.07) is 0. The Morgan fingerprint density at radius 1 is 1.54 bits per heavy atom. The van der Waals surface area contributed by atoms with Gasteiger partial charge in [0.05, 0.1) is 18.3 Å². The van der Waals surface area contributed by atoms with Gasteiger partial charge < -0.3 is 0 Å². The van der Waals surface area contributed by atoms with Crippen LogP contribution >= 0.6 is 0 Å². The molecule has 0 aromatic carbocycles. The fourth-order valence-corrected chi connectivity index (χ4v) is 1.37. The van der Waals surface area contributed by atoms with Crippen LogP contribution in [0, 0.1) is 0 Å². The molecule has 0 aromatic heterocycles. The summed E-state index contributed by atoms with van der Waals surface area (Å²) in [6.45, 7) is 7.14. The summed E-state index contributed by atoms with van der Waals surface area (Å²) in [5, 5.41) is 10.0. The topological polar surface area (TPSA) is 28.0 Å². The van der Waals surface area contributed by atoms with E-state index in [2.05, 4.69) is 36.8 Å². The predicted octanol–water partition coefficient (Wildman–Crippen LogP) is 2.92. The third-order valence-electron chi connectivity index (χ3n) is 2.13. The lowest BCUT2D eigenvalue weighted by molar-refractivity contribution is 0.166. The molecule has 0 aliphatic carbocycles. The van der Waals surface area contributed by atoms with E-state index >= 15 is 0 Å². The maximum absolute atomic E-state index is 4.12. The van der Waals surface area contributed by atoms with E-state index in [1.165, 1.54) is 0 Å². The van der Waals surface area contributed by atoms with E-state index < -0.39 is 0 Å². The van der Waals surface area contributed by atoms with Gasteiger partial charge in [-0.15, -0.1) is 5.73 Å². The van der Waals surface area contributed by atoms with Crippen LogP contribution in [0.15, 0.2) is 28.3 Å². The number of hydrogen-bond acceptors (Lipinski definition) is 3. The monoisotopic (exact) mass is 179 g/mol. The van der Waals surface area contributed by atoms with Gasteiger partial charge in [-0.25, -0.2) is 5.01 Å². The molecule has 0 radical (unpaired) electrons. The highest BCUT2D eigenvalue weighted by Crippen LogP contribution is 2.21. The Kier molecular flexibility index (Phi) is 3.26. The second kappa shape index (κ2) is 4.24. The molecule has 0 spiro atoms. The molecule has 72 valence electrons. The summed E-state index contributed by atoms with van der Waals surface area (Å²) in [5.74, 6) is 0. The first-order valence-electron chi connectivity index (χ1n) is 4.74. The lowest BCUT2D eigenvalue weighted by atomic mass is 9.99. The van der Waals surface area contributed by atoms with Crippen molar-refractivity contribution in [1.29, 1.82) is 0 Å². The third kappa shape index (κ3) is 2.71. The van der Waals surface area contributed by atoms with Gasteiger partial charge in [-0.05, 0) is 26.3 Å². The van der Waals surface area contributed by atoms with Crippen LogP contribution in [0.1, 0.15) is 33.6 Å². The highest BCUT2D eigenvalue weighted by atomic mass is 15.6. The normalized spacial score (nSPS) is 16.4. The molecule has 1 rings (SSSR count). The van der Waals surface area contributed by atoms with Crippen molar-refractivity contribution in [2.75, 3.05) is 6.54 Å². The first-order valence-corrected chi connectivity index (χ1v) is 4.74. The molecule has 0 fully saturated rings. The van der Waals surface area contributed by atoms with Gasteiger partial charge in [0, 0.05) is 0 Å². The van der Waals surface area contributed by atoms with E-state index in [4.69, 9.17) is 0 Å². The zero-order valence-corrected chi connectivity index (χ0v) is 8.62. The smallest absolute Gasteiger partial charge is 0.0875 e. The number of rotatable bonds is 3. The van der Waals surface area contributed by atoms with Crippen LogP contribution in [0.4, 0.5) is 0 Å². The minimum Gasteiger partial charge on any atom is -0.241 e. The Labute approximate surface area is 79.8 Å². The van der Waals surface area contributed by atoms with Gasteiger partial charge in [0.1, 0.15) is 0 Å². The van der Waals surface area contributed by atoms with Gasteiger partial charge in [-0.1, -0.05) is 18.6 Å². The molecule has 0 bridgehead atoms. The molecule has 0 saturated carbocycles. The summed E-state index contributed by atoms with van der Waals surface area (Å²) in [6.07, 6.45) is 6.00. The molecule has 0 atom stereocenters. The average Bonchev–Trinajstić information content (AvgIpc) is 2.31. The Hall–Kier alpha value is -1.08. The molecule has 1 aliphatic rings. The Morgan fingerprint density at radius 2 is 2.31 bits per heavy atom. The zero-order chi connectivity index (χ0) is 9.73. The van der Waals surface area contributed by atoms with Crippen molar-refractivity contribution in [3.05, 3.63) is 18.0 Å². The van der Waals surface area contributed by atoms with Crippen LogP contribution in [0.3, 0.4) is 0 Å². The van der Waals surface area contributed by atoms with E-state index in [9.17, 15) is 0 Å². The van der Waals surface area contributed by atoms with Gasteiger partial charge >= 0.3 is 0 Å². The van der Waals surface area contributed by atoms with Crippen LogP contribution in [-0.2, 0) is 0 Å². The van der Waals surface area contributed by atoms with Gasteiger partial charge in [0.2, 0.25) is 0 Å². The fourth-order valence-electron chi connectivity index (χ4n) is 1.37. The van der Waals surface area contributed by atoms with E-state index in [0.717, 1.165) is 12.8 Å². The Balaban J connectivity index is 2.74. The molecule has 3 nitrogen and oxygen atoms in total. The summed E-state index contributed by atoms with van der Waals surface area (Å²) in [5.41, 5.74) is 3.10. The second-order valence-electron chi connectivity index (χ2n) is 3.82. The molecule has 0 amide bonds. The summed E-state index contributed by atoms with van der Waals surface area (Å²) in [4.78, 5) is 0. The van der Waals surface area contributed by atoms with Crippen molar-refractivity contribution < 1.29 is 0 Å². The first-order chi connectivity index (χ1) is 6.17. The SMILES string of the molecule is CCCC(C)(C)N1C=C=CCN=N1. The molecule has 1 heterocycles. The fraction of sp³-hybridized carbons (Fsp3) is 0.700. The summed E-state index contributed by atoms with van der Waals surface area (Å²) < 4.78 is 0. The van der Waals surface area contributed by atoms with Crippen molar-refractivity contribution >= 4 is 0 Å². The standard InChI is InChI=1S/C10H17N3/c1-4-7-10(2,3)13-9-6-5-8-11-12-13/h5,9H,4,7-8H2,1-3H3. The molecule has 0 saturated heterocycles. The molecule has 1 aliphatic heterocycles. The summed E-state index contributed by atoms with van der Waals surface area (Å²) in [7, 11) is 0. The van der Waals surface area contributed by atoms with Crippen LogP contribution in [0.5, 0.6) is 0 Å². The Bertz CT molecular complexity index is 247. The van der Waals surface area contributed by atoms with Crippen molar-refractivity contribution in [2.24, 2.45) is 10.3 Å². The quantitative estimate of drug-likeness (QED) is 0.612. The van der Waals surface area contributed by atoms with E-state index in [-0.39, 0.29) is 5.54 Å². The zero-order valence-electron chi connectivity index (χ0n) is 8.62. The minimum atomic E-state index is 0.0451. The second-order valence-corrected chi connectivity index (χ2v) is 3.82. The molecule has 0 N–H and O–H groups in total. The lowest BCUT2D eigenvalue weighted by Gasteiger charge is -2.31. The van der Waals surface area contributed by atoms with Crippen LogP contribution in [0.25, 0.3) is 0 Å².